The summed E-state index contributed by atoms with van der Waals surface area (Å²) >= 11 is 0. The van der Waals surface area contributed by atoms with E-state index in [-0.39, 0.29) is 0 Å². The van der Waals surface area contributed by atoms with Gasteiger partial charge < -0.3 is 55.2 Å². The lowest BCUT2D eigenvalue weighted by atomic mass is 9.97. The Hall–Kier alpha value is -2.66. The molecular weight excluding hydrogens is 648 g/mol. The first-order chi connectivity index (χ1) is 20.4. The summed E-state index contributed by atoms with van der Waals surface area (Å²) in [6.45, 7) is 0.829. The van der Waals surface area contributed by atoms with Crippen molar-refractivity contribution in [2.45, 2.75) is 61.6 Å². The number of aromatic nitrogens is 2. The molecule has 1 aromatic rings. The lowest BCUT2D eigenvalue weighted by Crippen LogP contribution is -2.64. The smallest absolute Gasteiger partial charge is 0.483 e. The molecule has 0 spiro atoms. The summed E-state index contributed by atoms with van der Waals surface area (Å²) in [6.07, 6.45) is -15.0. The van der Waals surface area contributed by atoms with Crippen LogP contribution in [0.1, 0.15) is 12.6 Å². The number of aromatic amines is 1. The van der Waals surface area contributed by atoms with Crippen molar-refractivity contribution in [2.24, 2.45) is 0 Å². The number of nitrogens with one attached hydrogen (secondary N) is 2. The highest BCUT2D eigenvalue weighted by atomic mass is 31.3. The Morgan fingerprint density at radius 3 is 2.25 bits per heavy atom. The fraction of sp³-hybridized carbons (Fsp3) is 0.600. The summed E-state index contributed by atoms with van der Waals surface area (Å²) < 4.78 is 49.4. The highest BCUT2D eigenvalue weighted by molar-refractivity contribution is 7.61. The van der Waals surface area contributed by atoms with Crippen LogP contribution in [0.15, 0.2) is 34.2 Å². The molecule has 3 rings (SSSR count). The molecule has 3 heterocycles. The number of ketones is 1. The lowest BCUT2D eigenvalue weighted by molar-refractivity contribution is -0.248. The molecule has 248 valence electrons. The van der Waals surface area contributed by atoms with Crippen molar-refractivity contribution in [3.63, 3.8) is 0 Å². The number of Topliss-reactive ketones (excluding diaryl/α,β-unsaturated/α-hetero) is 1. The van der Waals surface area contributed by atoms with Gasteiger partial charge in [0.1, 0.15) is 42.7 Å². The molecule has 0 saturated carbocycles. The molecule has 1 aromatic heterocycles. The first-order valence-corrected chi connectivity index (χ1v) is 15.2. The SMILES string of the molecule is C=C(O)C(=O)CC(=O)N[C@H]1[C@H](OP(=O)(O)OP(=O)(O)OC[C@H]2O[C@@H](n3ccc(=O)[nH]c3=O)[C@H](O)[C@@H]2O)O[C@H](CO)[C@@H](O)[C@@H]1O. The van der Waals surface area contributed by atoms with Crippen LogP contribution in [0.25, 0.3) is 0 Å². The Labute approximate surface area is 244 Å². The second-order valence-corrected chi connectivity index (χ2v) is 12.3. The number of aliphatic hydroxyl groups is 6. The van der Waals surface area contributed by atoms with Gasteiger partial charge in [-0.3, -0.25) is 33.0 Å². The summed E-state index contributed by atoms with van der Waals surface area (Å²) in [5.74, 6) is -3.38. The first kappa shape index (κ1) is 35.8. The minimum atomic E-state index is -5.79. The third kappa shape index (κ3) is 8.74. The van der Waals surface area contributed by atoms with Gasteiger partial charge in [-0.05, 0) is 0 Å². The van der Waals surface area contributed by atoms with Crippen LogP contribution >= 0.6 is 15.6 Å². The number of allylic oxidation sites excluding steroid dienone is 1. The van der Waals surface area contributed by atoms with Crippen molar-refractivity contribution in [1.29, 1.82) is 0 Å². The van der Waals surface area contributed by atoms with Gasteiger partial charge in [0.05, 0.1) is 19.6 Å². The lowest BCUT2D eigenvalue weighted by Gasteiger charge is -2.42. The standard InChI is InChI=1S/C20H29N3O19P2/c1-7(25)8(26)4-12(28)21-13-16(31)14(29)9(5-24)40-19(13)41-44(36,37)42-43(34,35)38-6-10-15(30)17(32)18(39-10)23-3-2-11(27)22-20(23)33/h2-3,9-10,13-19,24-25,29-32H,1,4-6H2,(H,21,28)(H,34,35)(H,36,37)(H,22,27,33)/t9-,10-,13-,14-,15-,16-,17-,18-,19+/m1/s1. The van der Waals surface area contributed by atoms with E-state index >= 15 is 0 Å². The van der Waals surface area contributed by atoms with E-state index in [9.17, 15) is 63.6 Å². The second kappa shape index (κ2) is 14.2. The molecule has 0 radical (unpaired) electrons. The Kier molecular flexibility index (Phi) is 11.5. The number of aliphatic hydroxyl groups excluding tert-OH is 6. The number of rotatable bonds is 13. The molecule has 24 heteroatoms. The Balaban J connectivity index is 1.68. The number of amides is 1. The van der Waals surface area contributed by atoms with Crippen molar-refractivity contribution in [3.8, 4) is 0 Å². The second-order valence-electron chi connectivity index (χ2n) is 9.33. The van der Waals surface area contributed by atoms with E-state index in [0.717, 1.165) is 12.3 Å². The fourth-order valence-electron chi connectivity index (χ4n) is 4.01. The van der Waals surface area contributed by atoms with Crippen LogP contribution in [0, 0.1) is 0 Å². The van der Waals surface area contributed by atoms with Crippen LogP contribution in [0.2, 0.25) is 0 Å². The van der Waals surface area contributed by atoms with E-state index in [1.807, 2.05) is 10.3 Å². The van der Waals surface area contributed by atoms with Gasteiger partial charge >= 0.3 is 21.3 Å². The zero-order chi connectivity index (χ0) is 33.1. The number of ether oxygens (including phenoxy) is 2. The van der Waals surface area contributed by atoms with E-state index < -0.39 is 119 Å². The number of phosphoric ester groups is 2. The normalized spacial score (nSPS) is 33.2. The van der Waals surface area contributed by atoms with Crippen LogP contribution in [0.3, 0.4) is 0 Å². The molecule has 2 aliphatic rings. The molecule has 22 nitrogen and oxygen atoms in total. The summed E-state index contributed by atoms with van der Waals surface area (Å²) in [6, 6.07) is -1.07. The number of phosphoric acid groups is 2. The summed E-state index contributed by atoms with van der Waals surface area (Å²) in [5.41, 5.74) is -1.81. The number of carbonyl (C=O) groups is 2. The average molecular weight is 677 g/mol. The number of H-pyrrole nitrogens is 1. The molecule has 0 bridgehead atoms. The van der Waals surface area contributed by atoms with E-state index in [1.54, 1.807) is 0 Å². The van der Waals surface area contributed by atoms with E-state index in [0.29, 0.717) is 4.57 Å². The molecular formula is C20H29N3O19P2. The summed E-state index contributed by atoms with van der Waals surface area (Å²) in [5, 5.41) is 61.4. The molecule has 2 fully saturated rings. The number of nitrogens with zero attached hydrogens (tertiary/aromatic N) is 1. The number of hydrogen-bond acceptors (Lipinski definition) is 17. The third-order valence-electron chi connectivity index (χ3n) is 6.16. The van der Waals surface area contributed by atoms with Gasteiger partial charge in [-0.2, -0.15) is 4.31 Å². The molecule has 2 saturated heterocycles. The highest BCUT2D eigenvalue weighted by Crippen LogP contribution is 2.61. The van der Waals surface area contributed by atoms with Crippen molar-refractivity contribution < 1.29 is 82.0 Å². The highest BCUT2D eigenvalue weighted by Gasteiger charge is 2.50. The maximum Gasteiger partial charge on any atom is 0.483 e. The molecule has 0 aromatic carbocycles. The average Bonchev–Trinajstić information content (AvgIpc) is 3.19. The fourth-order valence-corrected chi connectivity index (χ4v) is 6.17. The zero-order valence-electron chi connectivity index (χ0n) is 22.1. The molecule has 10 N–H and O–H groups in total. The van der Waals surface area contributed by atoms with Gasteiger partial charge in [-0.15, -0.1) is 0 Å². The van der Waals surface area contributed by atoms with Crippen LogP contribution in [-0.4, -0.2) is 124 Å². The predicted octanol–water partition coefficient (Wildman–Crippen LogP) is -4.64. The Morgan fingerprint density at radius 1 is 1.02 bits per heavy atom. The molecule has 1 amide bonds. The predicted molar refractivity (Wildman–Crippen MR) is 136 cm³/mol. The Morgan fingerprint density at radius 2 is 1.66 bits per heavy atom. The van der Waals surface area contributed by atoms with E-state index in [4.69, 9.17) is 14.6 Å². The van der Waals surface area contributed by atoms with Gasteiger partial charge in [0.25, 0.3) is 5.56 Å². The molecule has 44 heavy (non-hydrogen) atoms. The van der Waals surface area contributed by atoms with Crippen molar-refractivity contribution in [1.82, 2.24) is 14.9 Å². The molecule has 2 unspecified atom stereocenters. The Bertz CT molecular complexity index is 1450. The van der Waals surface area contributed by atoms with Crippen molar-refractivity contribution >= 4 is 27.3 Å². The number of carbonyl (C=O) groups excluding carboxylic acids is 2. The van der Waals surface area contributed by atoms with Crippen molar-refractivity contribution in [3.05, 3.63) is 45.4 Å². The maximum absolute atomic E-state index is 12.6. The minimum absolute atomic E-state index is 0.695. The first-order valence-electron chi connectivity index (χ1n) is 12.2. The van der Waals surface area contributed by atoms with Gasteiger partial charge in [0.2, 0.25) is 11.7 Å². The third-order valence-corrected chi connectivity index (χ3v) is 8.76. The summed E-state index contributed by atoms with van der Waals surface area (Å²) in [7, 11) is -11.4. The van der Waals surface area contributed by atoms with Gasteiger partial charge in [-0.25, -0.2) is 13.9 Å². The van der Waals surface area contributed by atoms with E-state index in [2.05, 4.69) is 19.9 Å². The van der Waals surface area contributed by atoms with Gasteiger partial charge in [-0.1, -0.05) is 6.58 Å². The van der Waals surface area contributed by atoms with Crippen LogP contribution in [-0.2, 0) is 41.6 Å². The van der Waals surface area contributed by atoms with Crippen LogP contribution in [0.5, 0.6) is 0 Å². The maximum atomic E-state index is 12.6. The monoisotopic (exact) mass is 677 g/mol. The van der Waals surface area contributed by atoms with Gasteiger partial charge in [0.15, 0.2) is 18.3 Å². The largest absolute Gasteiger partial charge is 0.505 e. The van der Waals surface area contributed by atoms with Crippen LogP contribution < -0.4 is 16.6 Å². The van der Waals surface area contributed by atoms with Crippen LogP contribution in [0.4, 0.5) is 0 Å². The topological polar surface area (TPSA) is 343 Å². The van der Waals surface area contributed by atoms with Gasteiger partial charge in [0, 0.05) is 12.3 Å². The minimum Gasteiger partial charge on any atom is -0.505 e. The quantitative estimate of drug-likeness (QED) is 0.0406. The zero-order valence-corrected chi connectivity index (χ0v) is 23.9. The summed E-state index contributed by atoms with van der Waals surface area (Å²) in [4.78, 5) is 69.0. The molecule has 11 atom stereocenters. The molecule has 2 aliphatic heterocycles. The number of hydrogen-bond donors (Lipinski definition) is 10. The van der Waals surface area contributed by atoms with Crippen molar-refractivity contribution in [2.75, 3.05) is 13.2 Å². The van der Waals surface area contributed by atoms with E-state index in [1.165, 1.54) is 0 Å². The molecule has 0 aliphatic carbocycles.